The van der Waals surface area contributed by atoms with Crippen molar-refractivity contribution in [3.8, 4) is 0 Å². The number of carboxylic acid groups (broad SMARTS) is 1. The highest BCUT2D eigenvalue weighted by Crippen LogP contribution is 2.35. The van der Waals surface area contributed by atoms with Gasteiger partial charge in [-0.2, -0.15) is 5.10 Å². The molecule has 0 amide bonds. The monoisotopic (exact) mass is 222 g/mol. The number of aromatic nitrogens is 2. The third-order valence-electron chi connectivity index (χ3n) is 3.53. The number of carboxylic acids is 1. The molecular formula is C12H18N2O2. The molecule has 1 aliphatic rings. The van der Waals surface area contributed by atoms with Crippen LogP contribution >= 0.6 is 0 Å². The Hall–Kier alpha value is -1.32. The summed E-state index contributed by atoms with van der Waals surface area (Å²) in [6, 6.07) is 0. The van der Waals surface area contributed by atoms with Crippen molar-refractivity contribution >= 4 is 5.97 Å². The molecule has 1 fully saturated rings. The average Bonchev–Trinajstić information content (AvgIpc) is 2.80. The topological polar surface area (TPSA) is 55.1 Å². The van der Waals surface area contributed by atoms with E-state index in [-0.39, 0.29) is 6.42 Å². The molecule has 4 heteroatoms. The summed E-state index contributed by atoms with van der Waals surface area (Å²) in [5.74, 6) is -0.238. The normalized spacial score (nSPS) is 16.9. The van der Waals surface area contributed by atoms with Gasteiger partial charge >= 0.3 is 5.97 Å². The molecule has 1 saturated carbocycles. The van der Waals surface area contributed by atoms with Crippen LogP contribution in [0, 0.1) is 6.92 Å². The first-order valence-electron chi connectivity index (χ1n) is 5.83. The van der Waals surface area contributed by atoms with Gasteiger partial charge in [0, 0.05) is 13.0 Å². The first-order valence-corrected chi connectivity index (χ1v) is 5.83. The maximum Gasteiger partial charge on any atom is 0.309 e. The number of hydrogen-bond acceptors (Lipinski definition) is 2. The van der Waals surface area contributed by atoms with E-state index in [2.05, 4.69) is 5.10 Å². The third-order valence-corrected chi connectivity index (χ3v) is 3.53. The van der Waals surface area contributed by atoms with Crippen LogP contribution in [0.5, 0.6) is 0 Å². The van der Waals surface area contributed by atoms with Crippen LogP contribution in [-0.4, -0.2) is 20.9 Å². The van der Waals surface area contributed by atoms with Crippen molar-refractivity contribution in [2.75, 3.05) is 0 Å². The van der Waals surface area contributed by atoms with E-state index in [0.717, 1.165) is 17.0 Å². The second-order valence-electron chi connectivity index (χ2n) is 4.63. The van der Waals surface area contributed by atoms with Crippen molar-refractivity contribution in [3.05, 3.63) is 17.0 Å². The number of rotatable bonds is 3. The van der Waals surface area contributed by atoms with Gasteiger partial charge in [0.15, 0.2) is 0 Å². The minimum Gasteiger partial charge on any atom is -0.481 e. The van der Waals surface area contributed by atoms with Gasteiger partial charge in [0.05, 0.1) is 17.8 Å². The molecule has 1 heterocycles. The summed E-state index contributed by atoms with van der Waals surface area (Å²) >= 11 is 0. The lowest BCUT2D eigenvalue weighted by Crippen LogP contribution is -2.07. The van der Waals surface area contributed by atoms with Gasteiger partial charge in [-0.3, -0.25) is 9.48 Å². The molecule has 0 bridgehead atoms. The smallest absolute Gasteiger partial charge is 0.309 e. The van der Waals surface area contributed by atoms with Crippen LogP contribution < -0.4 is 0 Å². The van der Waals surface area contributed by atoms with E-state index in [1.54, 1.807) is 4.68 Å². The lowest BCUT2D eigenvalue weighted by atomic mass is 9.99. The van der Waals surface area contributed by atoms with Crippen molar-refractivity contribution in [2.45, 2.75) is 44.9 Å². The molecule has 0 radical (unpaired) electrons. The van der Waals surface area contributed by atoms with Gasteiger partial charge in [0.2, 0.25) is 0 Å². The Balaban J connectivity index is 2.30. The Labute approximate surface area is 95.3 Å². The summed E-state index contributed by atoms with van der Waals surface area (Å²) in [6.45, 7) is 2.00. The number of aryl methyl sites for hydroxylation is 1. The Morgan fingerprint density at radius 3 is 2.69 bits per heavy atom. The van der Waals surface area contributed by atoms with Crippen molar-refractivity contribution in [2.24, 2.45) is 7.05 Å². The van der Waals surface area contributed by atoms with Crippen molar-refractivity contribution < 1.29 is 9.90 Å². The number of hydrogen-bond donors (Lipinski definition) is 1. The summed E-state index contributed by atoms with van der Waals surface area (Å²) in [6.07, 6.45) is 5.01. The zero-order valence-electron chi connectivity index (χ0n) is 9.86. The number of aliphatic carboxylic acids is 1. The molecule has 1 N–H and O–H groups in total. The molecule has 0 unspecified atom stereocenters. The molecule has 88 valence electrons. The highest BCUT2D eigenvalue weighted by atomic mass is 16.4. The fraction of sp³-hybridized carbons (Fsp3) is 0.667. The van der Waals surface area contributed by atoms with E-state index in [1.165, 1.54) is 25.7 Å². The molecule has 2 rings (SSSR count). The zero-order chi connectivity index (χ0) is 11.7. The molecule has 1 aromatic heterocycles. The largest absolute Gasteiger partial charge is 0.481 e. The Kier molecular flexibility index (Phi) is 2.99. The van der Waals surface area contributed by atoms with Crippen molar-refractivity contribution in [1.29, 1.82) is 0 Å². The van der Waals surface area contributed by atoms with Gasteiger partial charge in [-0.25, -0.2) is 0 Å². The minimum atomic E-state index is -0.788. The average molecular weight is 222 g/mol. The molecule has 16 heavy (non-hydrogen) atoms. The molecule has 0 atom stereocenters. The standard InChI is InChI=1S/C12H18N2O2/c1-8-10(7-11(15)16)14(2)13-12(8)9-5-3-4-6-9/h9H,3-7H2,1-2H3,(H,15,16). The van der Waals surface area contributed by atoms with Crippen LogP contribution in [0.2, 0.25) is 0 Å². The Bertz CT molecular complexity index is 403. The van der Waals surface area contributed by atoms with Crippen LogP contribution in [-0.2, 0) is 18.3 Å². The van der Waals surface area contributed by atoms with E-state index in [4.69, 9.17) is 5.11 Å². The summed E-state index contributed by atoms with van der Waals surface area (Å²) < 4.78 is 1.73. The Morgan fingerprint density at radius 1 is 1.50 bits per heavy atom. The van der Waals surface area contributed by atoms with Crippen LogP contribution in [0.3, 0.4) is 0 Å². The van der Waals surface area contributed by atoms with E-state index >= 15 is 0 Å². The molecule has 0 spiro atoms. The van der Waals surface area contributed by atoms with E-state index in [9.17, 15) is 4.79 Å². The quantitative estimate of drug-likeness (QED) is 0.851. The third kappa shape index (κ3) is 1.96. The molecule has 0 aliphatic heterocycles. The summed E-state index contributed by atoms with van der Waals surface area (Å²) in [4.78, 5) is 10.8. The van der Waals surface area contributed by atoms with Gasteiger partial charge in [-0.05, 0) is 25.3 Å². The number of carbonyl (C=O) groups is 1. The minimum absolute atomic E-state index is 0.0715. The highest BCUT2D eigenvalue weighted by Gasteiger charge is 2.24. The van der Waals surface area contributed by atoms with Gasteiger partial charge in [0.25, 0.3) is 0 Å². The number of nitrogens with zero attached hydrogens (tertiary/aromatic N) is 2. The fourth-order valence-corrected chi connectivity index (χ4v) is 2.66. The van der Waals surface area contributed by atoms with E-state index in [0.29, 0.717) is 5.92 Å². The summed E-state index contributed by atoms with van der Waals surface area (Å²) in [7, 11) is 1.84. The lowest BCUT2D eigenvalue weighted by molar-refractivity contribution is -0.136. The van der Waals surface area contributed by atoms with Crippen molar-refractivity contribution in [1.82, 2.24) is 9.78 Å². The predicted molar refractivity (Wildman–Crippen MR) is 60.5 cm³/mol. The first-order chi connectivity index (χ1) is 7.59. The van der Waals surface area contributed by atoms with Gasteiger partial charge in [-0.15, -0.1) is 0 Å². The maximum absolute atomic E-state index is 10.8. The van der Waals surface area contributed by atoms with Gasteiger partial charge in [0.1, 0.15) is 0 Å². The predicted octanol–water partition coefficient (Wildman–Crippen LogP) is 2.01. The molecule has 0 saturated heterocycles. The van der Waals surface area contributed by atoms with Crippen molar-refractivity contribution in [3.63, 3.8) is 0 Å². The molecule has 1 aliphatic carbocycles. The highest BCUT2D eigenvalue weighted by molar-refractivity contribution is 5.70. The SMILES string of the molecule is Cc1c(C2CCCC2)nn(C)c1CC(=O)O. The molecule has 1 aromatic rings. The van der Waals surface area contributed by atoms with E-state index in [1.807, 2.05) is 14.0 Å². The van der Waals surface area contributed by atoms with Crippen LogP contribution in [0.15, 0.2) is 0 Å². The fourth-order valence-electron chi connectivity index (χ4n) is 2.66. The van der Waals surface area contributed by atoms with Crippen LogP contribution in [0.25, 0.3) is 0 Å². The van der Waals surface area contributed by atoms with Crippen LogP contribution in [0.4, 0.5) is 0 Å². The summed E-state index contributed by atoms with van der Waals surface area (Å²) in [5, 5.41) is 13.3. The van der Waals surface area contributed by atoms with Gasteiger partial charge in [-0.1, -0.05) is 12.8 Å². The molecule has 4 nitrogen and oxygen atoms in total. The van der Waals surface area contributed by atoms with E-state index < -0.39 is 5.97 Å². The van der Waals surface area contributed by atoms with Crippen LogP contribution in [0.1, 0.15) is 48.6 Å². The zero-order valence-corrected chi connectivity index (χ0v) is 9.86. The first kappa shape index (κ1) is 11.2. The second-order valence-corrected chi connectivity index (χ2v) is 4.63. The lowest BCUT2D eigenvalue weighted by Gasteiger charge is -2.05. The van der Waals surface area contributed by atoms with Gasteiger partial charge < -0.3 is 5.11 Å². The summed E-state index contributed by atoms with van der Waals surface area (Å²) in [5.41, 5.74) is 3.04. The Morgan fingerprint density at radius 2 is 2.12 bits per heavy atom. The second kappa shape index (κ2) is 4.28. The maximum atomic E-state index is 10.8. The molecular weight excluding hydrogens is 204 g/mol. The molecule has 0 aromatic carbocycles.